The number of anilines is 1. The van der Waals surface area contributed by atoms with Gasteiger partial charge in [0.25, 0.3) is 0 Å². The molecule has 0 spiro atoms. The maximum Gasteiger partial charge on any atom is 0.171 e. The molecule has 1 aliphatic rings. The summed E-state index contributed by atoms with van der Waals surface area (Å²) < 4.78 is 13.6. The van der Waals surface area contributed by atoms with E-state index in [-0.39, 0.29) is 5.82 Å². The van der Waals surface area contributed by atoms with Gasteiger partial charge in [0.15, 0.2) is 5.11 Å². The number of halogens is 3. The van der Waals surface area contributed by atoms with Gasteiger partial charge in [-0.05, 0) is 53.1 Å². The van der Waals surface area contributed by atoms with Crippen LogP contribution in [0.25, 0.3) is 0 Å². The molecule has 0 saturated heterocycles. The third-order valence-corrected chi connectivity index (χ3v) is 4.08. The topological polar surface area (TPSA) is 24.1 Å². The Morgan fingerprint density at radius 3 is 2.67 bits per heavy atom. The number of nitrogens with one attached hydrogen (secondary N) is 2. The molecule has 18 heavy (non-hydrogen) atoms. The van der Waals surface area contributed by atoms with Crippen LogP contribution in [-0.2, 0) is 0 Å². The largest absolute Gasteiger partial charge is 0.360 e. The van der Waals surface area contributed by atoms with E-state index < -0.39 is 0 Å². The first-order valence-corrected chi connectivity index (χ1v) is 7.36. The number of thiocarbonyl (C=S) groups is 1. The number of hydrogen-bond donors (Lipinski definition) is 2. The lowest BCUT2D eigenvalue weighted by atomic mass is 10.2. The summed E-state index contributed by atoms with van der Waals surface area (Å²) >= 11 is 14.5. The molecule has 0 radical (unpaired) electrons. The highest BCUT2D eigenvalue weighted by molar-refractivity contribution is 9.10. The van der Waals surface area contributed by atoms with Gasteiger partial charge >= 0.3 is 0 Å². The van der Waals surface area contributed by atoms with E-state index in [1.807, 2.05) is 0 Å². The molecule has 0 unspecified atom stereocenters. The fourth-order valence-electron chi connectivity index (χ4n) is 2.07. The number of benzene rings is 1. The zero-order valence-corrected chi connectivity index (χ0v) is 12.8. The summed E-state index contributed by atoms with van der Waals surface area (Å²) in [5, 5.41) is 7.08. The van der Waals surface area contributed by atoms with Gasteiger partial charge in [-0.1, -0.05) is 24.4 Å². The predicted octanol–water partition coefficient (Wildman–Crippen LogP) is 4.47. The highest BCUT2D eigenvalue weighted by Crippen LogP contribution is 2.31. The van der Waals surface area contributed by atoms with Crippen molar-refractivity contribution in [3.63, 3.8) is 0 Å². The molecule has 1 aromatic carbocycles. The van der Waals surface area contributed by atoms with Crippen LogP contribution in [0.2, 0.25) is 5.02 Å². The van der Waals surface area contributed by atoms with Gasteiger partial charge in [-0.2, -0.15) is 0 Å². The van der Waals surface area contributed by atoms with Crippen molar-refractivity contribution in [3.8, 4) is 0 Å². The highest BCUT2D eigenvalue weighted by Gasteiger charge is 2.16. The van der Waals surface area contributed by atoms with Gasteiger partial charge in [0, 0.05) is 10.5 Å². The van der Waals surface area contributed by atoms with Gasteiger partial charge in [-0.3, -0.25) is 0 Å². The number of rotatable bonds is 2. The fourth-order valence-corrected chi connectivity index (χ4v) is 3.23. The maximum atomic E-state index is 13.1. The lowest BCUT2D eigenvalue weighted by molar-refractivity contribution is 0.627. The number of hydrogen-bond acceptors (Lipinski definition) is 1. The second kappa shape index (κ2) is 6.17. The molecule has 2 N–H and O–H groups in total. The summed E-state index contributed by atoms with van der Waals surface area (Å²) in [7, 11) is 0. The summed E-state index contributed by atoms with van der Waals surface area (Å²) in [6, 6.07) is 3.04. The summed E-state index contributed by atoms with van der Waals surface area (Å²) in [6.45, 7) is 0. The minimum Gasteiger partial charge on any atom is -0.360 e. The first-order valence-electron chi connectivity index (χ1n) is 5.78. The normalized spacial score (nSPS) is 15.7. The Morgan fingerprint density at radius 1 is 1.39 bits per heavy atom. The van der Waals surface area contributed by atoms with E-state index in [0.717, 1.165) is 12.8 Å². The highest BCUT2D eigenvalue weighted by atomic mass is 79.9. The molecule has 1 saturated carbocycles. The second-order valence-corrected chi connectivity index (χ2v) is 5.99. The van der Waals surface area contributed by atoms with Gasteiger partial charge in [0.2, 0.25) is 0 Å². The van der Waals surface area contributed by atoms with Gasteiger partial charge in [0.05, 0.1) is 10.7 Å². The zero-order valence-electron chi connectivity index (χ0n) is 9.60. The molecule has 0 heterocycles. The van der Waals surface area contributed by atoms with Crippen LogP contribution >= 0.6 is 39.7 Å². The third kappa shape index (κ3) is 3.56. The molecule has 0 bridgehead atoms. The van der Waals surface area contributed by atoms with Gasteiger partial charge in [-0.15, -0.1) is 0 Å². The molecule has 2 rings (SSSR count). The van der Waals surface area contributed by atoms with Crippen LogP contribution in [0.1, 0.15) is 25.7 Å². The van der Waals surface area contributed by atoms with Crippen LogP contribution in [0.15, 0.2) is 16.6 Å². The maximum absolute atomic E-state index is 13.1. The molecule has 98 valence electrons. The minimum absolute atomic E-state index is 0.303. The van der Waals surface area contributed by atoms with Crippen LogP contribution in [0.3, 0.4) is 0 Å². The molecule has 1 aliphatic carbocycles. The first-order chi connectivity index (χ1) is 8.56. The minimum atomic E-state index is -0.382. The molecule has 0 atom stereocenters. The van der Waals surface area contributed by atoms with Crippen LogP contribution in [0, 0.1) is 5.82 Å². The molecular formula is C12H13BrClFN2S. The van der Waals surface area contributed by atoms with Crippen molar-refractivity contribution >= 4 is 50.5 Å². The summed E-state index contributed by atoms with van der Waals surface area (Å²) in [6.07, 6.45) is 4.75. The van der Waals surface area contributed by atoms with Crippen LogP contribution in [0.4, 0.5) is 10.1 Å². The first kappa shape index (κ1) is 14.0. The Kier molecular flexibility index (Phi) is 4.81. The molecule has 0 aromatic heterocycles. The van der Waals surface area contributed by atoms with Crippen molar-refractivity contribution in [3.05, 3.63) is 27.4 Å². The molecule has 1 aromatic rings. The third-order valence-electron chi connectivity index (χ3n) is 2.94. The lowest BCUT2D eigenvalue weighted by Crippen LogP contribution is -2.36. The van der Waals surface area contributed by atoms with E-state index in [1.54, 1.807) is 0 Å². The lowest BCUT2D eigenvalue weighted by Gasteiger charge is -2.17. The van der Waals surface area contributed by atoms with Crippen molar-refractivity contribution in [2.75, 3.05) is 5.32 Å². The van der Waals surface area contributed by atoms with E-state index >= 15 is 0 Å². The Labute approximate surface area is 124 Å². The van der Waals surface area contributed by atoms with Gasteiger partial charge in [0.1, 0.15) is 5.82 Å². The molecular weight excluding hydrogens is 339 g/mol. The molecule has 0 amide bonds. The average molecular weight is 352 g/mol. The fraction of sp³-hybridized carbons (Fsp3) is 0.417. The predicted molar refractivity (Wildman–Crippen MR) is 80.7 cm³/mol. The van der Waals surface area contributed by atoms with Crippen LogP contribution < -0.4 is 10.6 Å². The monoisotopic (exact) mass is 350 g/mol. The molecule has 2 nitrogen and oxygen atoms in total. The summed E-state index contributed by atoms with van der Waals surface area (Å²) in [5.74, 6) is -0.382. The van der Waals surface area contributed by atoms with Crippen LogP contribution in [-0.4, -0.2) is 11.2 Å². The van der Waals surface area contributed by atoms with E-state index in [0.29, 0.717) is 26.3 Å². The van der Waals surface area contributed by atoms with E-state index in [2.05, 4.69) is 26.6 Å². The Morgan fingerprint density at radius 2 is 2.06 bits per heavy atom. The van der Waals surface area contributed by atoms with E-state index in [1.165, 1.54) is 25.0 Å². The van der Waals surface area contributed by atoms with Crippen molar-refractivity contribution in [2.24, 2.45) is 0 Å². The Hall–Kier alpha value is -0.390. The van der Waals surface area contributed by atoms with Crippen molar-refractivity contribution in [2.45, 2.75) is 31.7 Å². The molecule has 0 aliphatic heterocycles. The van der Waals surface area contributed by atoms with Crippen molar-refractivity contribution in [1.82, 2.24) is 5.32 Å². The Balaban J connectivity index is 2.02. The quantitative estimate of drug-likeness (QED) is 0.769. The summed E-state index contributed by atoms with van der Waals surface area (Å²) in [4.78, 5) is 0. The van der Waals surface area contributed by atoms with E-state index in [4.69, 9.17) is 23.8 Å². The van der Waals surface area contributed by atoms with Crippen molar-refractivity contribution in [1.29, 1.82) is 0 Å². The summed E-state index contributed by atoms with van der Waals surface area (Å²) in [5.41, 5.74) is 0.591. The standard InChI is InChI=1S/C12H13BrClFN2S/c13-9-5-7(15)6-10(14)11(9)17-12(18)16-8-3-1-2-4-8/h5-6,8H,1-4H2,(H2,16,17,18). The van der Waals surface area contributed by atoms with Crippen LogP contribution in [0.5, 0.6) is 0 Å². The zero-order chi connectivity index (χ0) is 13.1. The van der Waals surface area contributed by atoms with Gasteiger partial charge in [-0.25, -0.2) is 4.39 Å². The molecule has 1 fully saturated rings. The SMILES string of the molecule is Fc1cc(Cl)c(NC(=S)NC2CCCC2)c(Br)c1. The second-order valence-electron chi connectivity index (χ2n) is 4.32. The Bertz CT molecular complexity index is 440. The molecule has 6 heteroatoms. The van der Waals surface area contributed by atoms with E-state index in [9.17, 15) is 4.39 Å². The average Bonchev–Trinajstić information content (AvgIpc) is 2.76. The van der Waals surface area contributed by atoms with Crippen molar-refractivity contribution < 1.29 is 4.39 Å². The smallest absolute Gasteiger partial charge is 0.171 e. The van der Waals surface area contributed by atoms with Gasteiger partial charge < -0.3 is 10.6 Å².